The third-order valence-electron chi connectivity index (χ3n) is 3.63. The molecule has 1 aromatic rings. The number of nitrogens with zero attached hydrogens (tertiary/aromatic N) is 2. The number of methoxy groups -OCH3 is 1. The van der Waals surface area contributed by atoms with Crippen molar-refractivity contribution in [1.29, 1.82) is 0 Å². The topological polar surface area (TPSA) is 41.7 Å². The maximum absolute atomic E-state index is 6.01. The monoisotopic (exact) mass is 249 g/mol. The molecule has 0 radical (unpaired) electrons. The van der Waals surface area contributed by atoms with Gasteiger partial charge in [-0.15, -0.1) is 0 Å². The van der Waals surface area contributed by atoms with Crippen molar-refractivity contribution in [2.24, 2.45) is 5.84 Å². The summed E-state index contributed by atoms with van der Waals surface area (Å²) in [5.74, 6) is 6.91. The largest absolute Gasteiger partial charge is 0.497 e. The molecule has 2 N–H and O–H groups in total. The van der Waals surface area contributed by atoms with Crippen LogP contribution in [0.15, 0.2) is 24.3 Å². The Morgan fingerprint density at radius 2 is 1.72 bits per heavy atom. The summed E-state index contributed by atoms with van der Waals surface area (Å²) in [6, 6.07) is 9.10. The highest BCUT2D eigenvalue weighted by atomic mass is 16.5. The van der Waals surface area contributed by atoms with Gasteiger partial charge in [-0.3, -0.25) is 10.7 Å². The van der Waals surface area contributed by atoms with Gasteiger partial charge in [0.1, 0.15) is 5.75 Å². The zero-order chi connectivity index (χ0) is 13.1. The van der Waals surface area contributed by atoms with E-state index < -0.39 is 0 Å². The van der Waals surface area contributed by atoms with Crippen LogP contribution in [0.25, 0.3) is 0 Å². The molecule has 1 saturated heterocycles. The lowest BCUT2D eigenvalue weighted by molar-refractivity contribution is 0.0347. The van der Waals surface area contributed by atoms with Crippen molar-refractivity contribution in [2.75, 3.05) is 20.2 Å². The summed E-state index contributed by atoms with van der Waals surface area (Å²) >= 11 is 0. The summed E-state index contributed by atoms with van der Waals surface area (Å²) in [6.07, 6.45) is 0. The van der Waals surface area contributed by atoms with Gasteiger partial charge in [-0.2, -0.15) is 0 Å². The Bertz CT molecular complexity index is 367. The number of rotatable bonds is 3. The van der Waals surface area contributed by atoms with E-state index in [1.54, 1.807) is 7.11 Å². The van der Waals surface area contributed by atoms with Crippen LogP contribution in [-0.4, -0.2) is 42.2 Å². The van der Waals surface area contributed by atoms with E-state index in [1.165, 1.54) is 5.56 Å². The van der Waals surface area contributed by atoms with Crippen LogP contribution in [0.4, 0.5) is 0 Å². The standard InChI is InChI=1S/C14H23N3O/c1-11-8-16(9-12(2)17(11)15)10-13-4-6-14(18-3)7-5-13/h4-7,11-12H,8-10,15H2,1-3H3. The molecule has 4 heteroatoms. The molecule has 0 aliphatic carbocycles. The molecule has 0 saturated carbocycles. The Hall–Kier alpha value is -1.10. The van der Waals surface area contributed by atoms with Crippen molar-refractivity contribution in [3.63, 3.8) is 0 Å². The second-order valence-corrected chi connectivity index (χ2v) is 5.19. The molecule has 0 bridgehead atoms. The van der Waals surface area contributed by atoms with E-state index in [1.807, 2.05) is 17.1 Å². The minimum Gasteiger partial charge on any atom is -0.497 e. The van der Waals surface area contributed by atoms with E-state index in [-0.39, 0.29) is 0 Å². The highest BCUT2D eigenvalue weighted by molar-refractivity contribution is 5.27. The van der Waals surface area contributed by atoms with Gasteiger partial charge in [-0.25, -0.2) is 5.01 Å². The third-order valence-corrected chi connectivity index (χ3v) is 3.63. The van der Waals surface area contributed by atoms with Crippen LogP contribution in [0.1, 0.15) is 19.4 Å². The zero-order valence-electron chi connectivity index (χ0n) is 11.5. The van der Waals surface area contributed by atoms with Gasteiger partial charge in [0.2, 0.25) is 0 Å². The van der Waals surface area contributed by atoms with Gasteiger partial charge in [0.25, 0.3) is 0 Å². The summed E-state index contributed by atoms with van der Waals surface area (Å²) in [5.41, 5.74) is 1.32. The van der Waals surface area contributed by atoms with Crippen molar-refractivity contribution in [3.8, 4) is 5.75 Å². The maximum Gasteiger partial charge on any atom is 0.118 e. The summed E-state index contributed by atoms with van der Waals surface area (Å²) in [6.45, 7) is 7.37. The van der Waals surface area contributed by atoms with Gasteiger partial charge in [0.15, 0.2) is 0 Å². The highest BCUT2D eigenvalue weighted by Crippen LogP contribution is 2.17. The summed E-state index contributed by atoms with van der Waals surface area (Å²) in [7, 11) is 1.69. The van der Waals surface area contributed by atoms with Gasteiger partial charge in [0, 0.05) is 31.7 Å². The third kappa shape index (κ3) is 3.02. The first-order chi connectivity index (χ1) is 8.60. The molecule has 2 atom stereocenters. The van der Waals surface area contributed by atoms with Crippen LogP contribution in [0.3, 0.4) is 0 Å². The second kappa shape index (κ2) is 5.69. The van der Waals surface area contributed by atoms with Crippen molar-refractivity contribution in [2.45, 2.75) is 32.5 Å². The van der Waals surface area contributed by atoms with Crippen molar-refractivity contribution in [3.05, 3.63) is 29.8 Å². The van der Waals surface area contributed by atoms with Crippen LogP contribution in [0.2, 0.25) is 0 Å². The fourth-order valence-corrected chi connectivity index (χ4v) is 2.56. The maximum atomic E-state index is 6.01. The average Bonchev–Trinajstić information content (AvgIpc) is 2.37. The minimum absolute atomic E-state index is 0.409. The zero-order valence-corrected chi connectivity index (χ0v) is 11.5. The summed E-state index contributed by atoms with van der Waals surface area (Å²) in [5, 5.41) is 1.96. The molecule has 1 aliphatic heterocycles. The molecule has 18 heavy (non-hydrogen) atoms. The van der Waals surface area contributed by atoms with Gasteiger partial charge < -0.3 is 4.74 Å². The number of hydrogen-bond acceptors (Lipinski definition) is 4. The highest BCUT2D eigenvalue weighted by Gasteiger charge is 2.26. The van der Waals surface area contributed by atoms with E-state index in [2.05, 4.69) is 30.9 Å². The van der Waals surface area contributed by atoms with Crippen LogP contribution in [0, 0.1) is 0 Å². The molecule has 1 aromatic carbocycles. The molecular weight excluding hydrogens is 226 g/mol. The van der Waals surface area contributed by atoms with Gasteiger partial charge in [-0.05, 0) is 31.5 Å². The van der Waals surface area contributed by atoms with E-state index in [0.29, 0.717) is 12.1 Å². The molecule has 2 unspecified atom stereocenters. The number of nitrogens with two attached hydrogens (primary N) is 1. The van der Waals surface area contributed by atoms with Gasteiger partial charge in [0.05, 0.1) is 7.11 Å². The molecule has 0 spiro atoms. The molecule has 0 amide bonds. The Balaban J connectivity index is 1.96. The molecule has 0 aromatic heterocycles. The Morgan fingerprint density at radius 3 is 2.22 bits per heavy atom. The van der Waals surface area contributed by atoms with E-state index in [4.69, 9.17) is 10.6 Å². The molecule has 1 fully saturated rings. The van der Waals surface area contributed by atoms with Crippen molar-refractivity contribution < 1.29 is 4.74 Å². The summed E-state index contributed by atoms with van der Waals surface area (Å²) < 4.78 is 5.17. The number of ether oxygens (including phenoxy) is 1. The smallest absolute Gasteiger partial charge is 0.118 e. The lowest BCUT2D eigenvalue weighted by Gasteiger charge is -2.41. The molecular formula is C14H23N3O. The SMILES string of the molecule is COc1ccc(CN2CC(C)N(N)C(C)C2)cc1. The van der Waals surface area contributed by atoms with Crippen molar-refractivity contribution in [1.82, 2.24) is 9.91 Å². The number of hydrogen-bond donors (Lipinski definition) is 1. The second-order valence-electron chi connectivity index (χ2n) is 5.19. The van der Waals surface area contributed by atoms with Gasteiger partial charge in [-0.1, -0.05) is 12.1 Å². The fourth-order valence-electron chi connectivity index (χ4n) is 2.56. The Kier molecular flexibility index (Phi) is 4.22. The van der Waals surface area contributed by atoms with E-state index in [9.17, 15) is 0 Å². The molecule has 1 aliphatic rings. The molecule has 1 heterocycles. The van der Waals surface area contributed by atoms with Crippen molar-refractivity contribution >= 4 is 0 Å². The fraction of sp³-hybridized carbons (Fsp3) is 0.571. The van der Waals surface area contributed by atoms with E-state index in [0.717, 1.165) is 25.4 Å². The van der Waals surface area contributed by atoms with Gasteiger partial charge >= 0.3 is 0 Å². The first kappa shape index (κ1) is 13.3. The first-order valence-electron chi connectivity index (χ1n) is 6.48. The lowest BCUT2D eigenvalue weighted by atomic mass is 10.1. The predicted octanol–water partition coefficient (Wildman–Crippen LogP) is 1.46. The normalized spacial score (nSPS) is 26.2. The van der Waals surface area contributed by atoms with Crippen LogP contribution < -0.4 is 10.6 Å². The van der Waals surface area contributed by atoms with E-state index >= 15 is 0 Å². The minimum atomic E-state index is 0.409. The first-order valence-corrected chi connectivity index (χ1v) is 6.48. The molecule has 100 valence electrons. The molecule has 2 rings (SSSR count). The predicted molar refractivity (Wildman–Crippen MR) is 73.2 cm³/mol. The quantitative estimate of drug-likeness (QED) is 0.824. The Labute approximate surface area is 109 Å². The van der Waals surface area contributed by atoms with Crippen LogP contribution in [0.5, 0.6) is 5.75 Å². The number of benzene rings is 1. The Morgan fingerprint density at radius 1 is 1.17 bits per heavy atom. The lowest BCUT2D eigenvalue weighted by Crippen LogP contribution is -2.59. The van der Waals surface area contributed by atoms with Crippen LogP contribution >= 0.6 is 0 Å². The summed E-state index contributed by atoms with van der Waals surface area (Å²) in [4.78, 5) is 2.46. The number of piperazine rings is 1. The number of hydrazine groups is 1. The molecule has 4 nitrogen and oxygen atoms in total. The van der Waals surface area contributed by atoms with Crippen LogP contribution in [-0.2, 0) is 6.54 Å². The average molecular weight is 249 g/mol.